The van der Waals surface area contributed by atoms with Crippen molar-refractivity contribution in [3.05, 3.63) is 199 Å². The van der Waals surface area contributed by atoms with Gasteiger partial charge in [0.2, 0.25) is 0 Å². The largest absolute Gasteiger partial charge is 0.308 e. The smallest absolute Gasteiger partial charge is 0.160 e. The van der Waals surface area contributed by atoms with Crippen LogP contribution in [0.5, 0.6) is 0 Å². The van der Waals surface area contributed by atoms with Crippen molar-refractivity contribution in [3.63, 3.8) is 0 Å². The summed E-state index contributed by atoms with van der Waals surface area (Å²) in [6.45, 7) is 4.25. The molecule has 0 amide bonds. The molecule has 10 aromatic rings. The Bertz CT molecular complexity index is 2900. The Hall–Kier alpha value is -8.01. The molecule has 6 nitrogen and oxygen atoms in total. The Morgan fingerprint density at radius 3 is 1.17 bits per heavy atom. The molecule has 0 unspecified atom stereocenters. The monoisotopic (exact) mass is 756 g/mol. The van der Waals surface area contributed by atoms with Crippen LogP contribution in [0.15, 0.2) is 182 Å². The number of aromatic nitrogens is 5. The summed E-state index contributed by atoms with van der Waals surface area (Å²) >= 11 is 0. The van der Waals surface area contributed by atoms with Crippen LogP contribution in [-0.2, 0) is 0 Å². The van der Waals surface area contributed by atoms with Gasteiger partial charge in [-0.05, 0) is 61.4 Å². The number of aryl methyl sites for hydroxylation is 2. The van der Waals surface area contributed by atoms with Crippen LogP contribution >= 0.6 is 0 Å². The Kier molecular flexibility index (Phi) is 8.89. The highest BCUT2D eigenvalue weighted by molar-refractivity contribution is 6.11. The van der Waals surface area contributed by atoms with Crippen molar-refractivity contribution in [2.75, 3.05) is 0 Å². The molecule has 10 rings (SSSR count). The molecule has 0 saturated heterocycles. The first kappa shape index (κ1) is 35.4. The van der Waals surface area contributed by atoms with Crippen LogP contribution in [0.1, 0.15) is 16.7 Å². The third-order valence-electron chi connectivity index (χ3n) is 10.7. The fourth-order valence-electron chi connectivity index (χ4n) is 7.93. The van der Waals surface area contributed by atoms with E-state index in [0.29, 0.717) is 28.6 Å². The molecule has 0 saturated carbocycles. The number of benzene rings is 7. The van der Waals surface area contributed by atoms with Gasteiger partial charge in [-0.15, -0.1) is 0 Å². The van der Waals surface area contributed by atoms with Gasteiger partial charge in [-0.2, -0.15) is 5.26 Å². The molecule has 0 bridgehead atoms. The maximum absolute atomic E-state index is 10.8. The van der Waals surface area contributed by atoms with E-state index in [-0.39, 0.29) is 0 Å². The van der Waals surface area contributed by atoms with Gasteiger partial charge in [-0.1, -0.05) is 146 Å². The zero-order chi connectivity index (χ0) is 39.9. The molecular weight excluding hydrogens is 721 g/mol. The van der Waals surface area contributed by atoms with E-state index < -0.39 is 0 Å². The minimum atomic E-state index is 0.481. The molecule has 0 aliphatic heterocycles. The zero-order valence-electron chi connectivity index (χ0n) is 32.5. The van der Waals surface area contributed by atoms with E-state index in [1.54, 1.807) is 0 Å². The quantitative estimate of drug-likeness (QED) is 0.162. The lowest BCUT2D eigenvalue weighted by Gasteiger charge is -2.20. The Balaban J connectivity index is 1.38. The van der Waals surface area contributed by atoms with Gasteiger partial charge in [0.05, 0.1) is 51.1 Å². The van der Waals surface area contributed by atoms with Crippen LogP contribution in [0, 0.1) is 25.2 Å². The third-order valence-corrected chi connectivity index (χ3v) is 10.7. The molecule has 6 heteroatoms. The van der Waals surface area contributed by atoms with E-state index in [1.165, 1.54) is 0 Å². The van der Waals surface area contributed by atoms with Gasteiger partial charge in [0, 0.05) is 44.2 Å². The van der Waals surface area contributed by atoms with Crippen LogP contribution in [0.4, 0.5) is 0 Å². The molecular formula is C53H36N6. The van der Waals surface area contributed by atoms with E-state index in [4.69, 9.17) is 19.9 Å². The molecule has 0 aliphatic rings. The highest BCUT2D eigenvalue weighted by Gasteiger charge is 2.25. The summed E-state index contributed by atoms with van der Waals surface area (Å²) in [5.41, 5.74) is 13.9. The molecule has 0 fully saturated rings. The summed E-state index contributed by atoms with van der Waals surface area (Å²) in [4.78, 5) is 20.9. The summed E-state index contributed by atoms with van der Waals surface area (Å²) in [7, 11) is 0. The van der Waals surface area contributed by atoms with Crippen LogP contribution in [0.3, 0.4) is 0 Å². The first-order chi connectivity index (χ1) is 29.0. The Morgan fingerprint density at radius 2 is 0.780 bits per heavy atom. The number of fused-ring (bicyclic) bond motifs is 3. The summed E-state index contributed by atoms with van der Waals surface area (Å²) in [5, 5.41) is 13.1. The minimum Gasteiger partial charge on any atom is -0.308 e. The molecule has 3 heterocycles. The second-order valence-electron chi connectivity index (χ2n) is 14.8. The lowest BCUT2D eigenvalue weighted by Crippen LogP contribution is -2.05. The van der Waals surface area contributed by atoms with Crippen molar-refractivity contribution < 1.29 is 0 Å². The van der Waals surface area contributed by atoms with Gasteiger partial charge < -0.3 is 4.57 Å². The average Bonchev–Trinajstić information content (AvgIpc) is 3.61. The second-order valence-corrected chi connectivity index (χ2v) is 14.8. The Labute approximate surface area is 342 Å². The van der Waals surface area contributed by atoms with E-state index in [2.05, 4.69) is 85.1 Å². The SMILES string of the molecule is Cc1ccc2c3ccc(C)cc3n(-c3c(-c4cc(-c5ccccc5)nc(-c5ccccc5)n4)cc(C#N)cc3-c3cc(-c4ccccc4)nc(-c4ccccc4)n3)c2c1. The summed E-state index contributed by atoms with van der Waals surface area (Å²) in [6, 6.07) is 64.2. The van der Waals surface area contributed by atoms with Gasteiger partial charge in [0.25, 0.3) is 0 Å². The lowest BCUT2D eigenvalue weighted by molar-refractivity contribution is 1.13. The maximum Gasteiger partial charge on any atom is 0.160 e. The lowest BCUT2D eigenvalue weighted by atomic mass is 9.95. The minimum absolute atomic E-state index is 0.481. The molecule has 59 heavy (non-hydrogen) atoms. The van der Waals surface area contributed by atoms with E-state index >= 15 is 0 Å². The van der Waals surface area contributed by atoms with E-state index in [0.717, 1.165) is 83.4 Å². The predicted molar refractivity (Wildman–Crippen MR) is 239 cm³/mol. The highest BCUT2D eigenvalue weighted by Crippen LogP contribution is 2.43. The van der Waals surface area contributed by atoms with Crippen molar-refractivity contribution in [3.8, 4) is 79.6 Å². The van der Waals surface area contributed by atoms with Crippen molar-refractivity contribution in [2.24, 2.45) is 0 Å². The standard InChI is InChI=1S/C53H36N6/c1-34-23-25-41-42-26-24-35(2)28-50(42)59(49(41)27-34)51-43(47-31-45(37-15-7-3-8-16-37)55-52(57-47)39-19-11-5-12-20-39)29-36(33-54)30-44(51)48-32-46(38-17-9-4-10-18-38)56-53(58-48)40-21-13-6-14-22-40/h3-32H,1-2H3. The molecule has 0 atom stereocenters. The van der Waals surface area contributed by atoms with Gasteiger partial charge in [-0.25, -0.2) is 19.9 Å². The van der Waals surface area contributed by atoms with Crippen LogP contribution in [0.25, 0.3) is 95.3 Å². The van der Waals surface area contributed by atoms with Crippen molar-refractivity contribution in [2.45, 2.75) is 13.8 Å². The molecule has 0 aliphatic carbocycles. The number of nitriles is 1. The number of rotatable bonds is 7. The Morgan fingerprint density at radius 1 is 0.407 bits per heavy atom. The zero-order valence-corrected chi connectivity index (χ0v) is 32.5. The van der Waals surface area contributed by atoms with Gasteiger partial charge in [0.1, 0.15) is 0 Å². The molecule has 0 radical (unpaired) electrons. The average molecular weight is 757 g/mol. The third kappa shape index (κ3) is 6.61. The molecule has 3 aromatic heterocycles. The fraction of sp³-hybridized carbons (Fsp3) is 0.0377. The van der Waals surface area contributed by atoms with E-state index in [9.17, 15) is 5.26 Å². The number of hydrogen-bond donors (Lipinski definition) is 0. The van der Waals surface area contributed by atoms with Crippen molar-refractivity contribution in [1.29, 1.82) is 5.26 Å². The van der Waals surface area contributed by atoms with Gasteiger partial charge in [0.15, 0.2) is 11.6 Å². The molecule has 278 valence electrons. The normalized spacial score (nSPS) is 11.2. The topological polar surface area (TPSA) is 80.3 Å². The predicted octanol–water partition coefficient (Wildman–Crippen LogP) is 12.9. The van der Waals surface area contributed by atoms with Gasteiger partial charge in [-0.3, -0.25) is 0 Å². The molecule has 0 N–H and O–H groups in total. The first-order valence-corrected chi connectivity index (χ1v) is 19.6. The van der Waals surface area contributed by atoms with Crippen LogP contribution in [-0.4, -0.2) is 24.5 Å². The first-order valence-electron chi connectivity index (χ1n) is 19.6. The second kappa shape index (κ2) is 14.8. The van der Waals surface area contributed by atoms with Gasteiger partial charge >= 0.3 is 0 Å². The van der Waals surface area contributed by atoms with Crippen LogP contribution < -0.4 is 0 Å². The molecule has 0 spiro atoms. The summed E-state index contributed by atoms with van der Waals surface area (Å²) < 4.78 is 2.34. The summed E-state index contributed by atoms with van der Waals surface area (Å²) in [5.74, 6) is 1.18. The highest BCUT2D eigenvalue weighted by atomic mass is 15.0. The van der Waals surface area contributed by atoms with Crippen LogP contribution in [0.2, 0.25) is 0 Å². The summed E-state index contributed by atoms with van der Waals surface area (Å²) in [6.07, 6.45) is 0. The van der Waals surface area contributed by atoms with Crippen molar-refractivity contribution >= 4 is 21.8 Å². The number of nitrogens with zero attached hydrogens (tertiary/aromatic N) is 6. The number of hydrogen-bond acceptors (Lipinski definition) is 5. The fourth-order valence-corrected chi connectivity index (χ4v) is 7.93. The maximum atomic E-state index is 10.8. The molecule has 7 aromatic carbocycles. The van der Waals surface area contributed by atoms with E-state index in [1.807, 2.05) is 121 Å². The van der Waals surface area contributed by atoms with Crippen molar-refractivity contribution in [1.82, 2.24) is 24.5 Å².